The van der Waals surface area contributed by atoms with Crippen LogP contribution in [-0.2, 0) is 9.53 Å². The summed E-state index contributed by atoms with van der Waals surface area (Å²) in [6.07, 6.45) is 1.56. The molecule has 0 spiro atoms. The van der Waals surface area contributed by atoms with E-state index in [9.17, 15) is 4.79 Å². The van der Waals surface area contributed by atoms with E-state index in [0.717, 1.165) is 0 Å². The average Bonchev–Trinajstić information content (AvgIpc) is 2.05. The number of aliphatic imine (C=N–C) groups is 1. The molecule has 0 amide bonds. The number of rotatable bonds is 2. The van der Waals surface area contributed by atoms with Gasteiger partial charge in [-0.3, -0.25) is 4.99 Å². The maximum Gasteiger partial charge on any atom is 0.340 e. The topological polar surface area (TPSA) is 38.7 Å². The molecule has 62 valence electrons. The fourth-order valence-electron chi connectivity index (χ4n) is 0.552. The Kier molecular flexibility index (Phi) is 4.54. The molecular weight excluding hydrogens is 166 g/mol. The third kappa shape index (κ3) is 2.72. The van der Waals surface area contributed by atoms with Crippen molar-refractivity contribution in [1.29, 1.82) is 0 Å². The summed E-state index contributed by atoms with van der Waals surface area (Å²) in [5.74, 6) is -0.469. The van der Waals surface area contributed by atoms with Crippen molar-refractivity contribution in [3.63, 3.8) is 0 Å². The van der Waals surface area contributed by atoms with Gasteiger partial charge in [-0.25, -0.2) is 4.79 Å². The number of methoxy groups -OCH3 is 1. The van der Waals surface area contributed by atoms with Gasteiger partial charge in [-0.05, 0) is 6.92 Å². The number of allylic oxidation sites excluding steroid dienone is 1. The minimum atomic E-state index is -0.469. The van der Waals surface area contributed by atoms with Crippen LogP contribution >= 0.6 is 11.6 Å². The van der Waals surface area contributed by atoms with Crippen molar-refractivity contribution in [2.45, 2.75) is 6.92 Å². The number of nitrogens with zero attached hydrogens (tertiary/aromatic N) is 1. The monoisotopic (exact) mass is 175 g/mol. The van der Waals surface area contributed by atoms with Gasteiger partial charge in [0, 0.05) is 7.05 Å². The van der Waals surface area contributed by atoms with Gasteiger partial charge in [-0.1, -0.05) is 17.7 Å². The van der Waals surface area contributed by atoms with Crippen LogP contribution in [0.15, 0.2) is 16.6 Å². The fraction of sp³-hybridized carbons (Fsp3) is 0.429. The molecule has 0 N–H and O–H groups in total. The van der Waals surface area contributed by atoms with E-state index < -0.39 is 5.97 Å². The van der Waals surface area contributed by atoms with Crippen LogP contribution in [0.2, 0.25) is 0 Å². The highest BCUT2D eigenvalue weighted by Gasteiger charge is 2.12. The van der Waals surface area contributed by atoms with Gasteiger partial charge in [0.1, 0.15) is 5.17 Å². The van der Waals surface area contributed by atoms with Crippen molar-refractivity contribution < 1.29 is 9.53 Å². The summed E-state index contributed by atoms with van der Waals surface area (Å²) < 4.78 is 4.45. The van der Waals surface area contributed by atoms with E-state index in [1.165, 1.54) is 14.2 Å². The third-order valence-electron chi connectivity index (χ3n) is 1.11. The molecule has 0 rings (SSSR count). The second-order valence-electron chi connectivity index (χ2n) is 1.71. The summed E-state index contributed by atoms with van der Waals surface area (Å²) >= 11 is 5.59. The summed E-state index contributed by atoms with van der Waals surface area (Å²) in [5.41, 5.74) is 0.289. The molecule has 0 saturated heterocycles. The van der Waals surface area contributed by atoms with Crippen molar-refractivity contribution in [3.8, 4) is 0 Å². The highest BCUT2D eigenvalue weighted by atomic mass is 35.5. The normalized spacial score (nSPS) is 13.1. The molecule has 0 atom stereocenters. The molecule has 3 nitrogen and oxygen atoms in total. The Morgan fingerprint density at radius 2 is 2.18 bits per heavy atom. The average molecular weight is 176 g/mol. The van der Waals surface area contributed by atoms with E-state index in [1.807, 2.05) is 0 Å². The first-order valence-corrected chi connectivity index (χ1v) is 3.42. The summed E-state index contributed by atoms with van der Waals surface area (Å²) in [7, 11) is 2.81. The zero-order chi connectivity index (χ0) is 8.85. The van der Waals surface area contributed by atoms with Gasteiger partial charge >= 0.3 is 5.97 Å². The van der Waals surface area contributed by atoms with Gasteiger partial charge in [0.15, 0.2) is 0 Å². The van der Waals surface area contributed by atoms with Gasteiger partial charge in [0.25, 0.3) is 0 Å². The Hall–Kier alpha value is -0.830. The van der Waals surface area contributed by atoms with Crippen molar-refractivity contribution in [3.05, 3.63) is 11.6 Å². The largest absolute Gasteiger partial charge is 0.465 e. The second-order valence-corrected chi connectivity index (χ2v) is 2.07. The highest BCUT2D eigenvalue weighted by Crippen LogP contribution is 2.04. The third-order valence-corrected chi connectivity index (χ3v) is 1.49. The molecule has 0 aliphatic rings. The Labute approximate surface area is 70.7 Å². The maximum absolute atomic E-state index is 10.9. The van der Waals surface area contributed by atoms with Crippen LogP contribution in [0.25, 0.3) is 0 Å². The number of hydrogen-bond acceptors (Lipinski definition) is 3. The molecule has 0 aromatic rings. The lowest BCUT2D eigenvalue weighted by Crippen LogP contribution is -2.09. The number of ether oxygens (including phenoxy) is 1. The Balaban J connectivity index is 4.57. The van der Waals surface area contributed by atoms with E-state index >= 15 is 0 Å². The molecule has 0 heterocycles. The SMILES string of the molecule is C/C=C(C(=O)OC)\C(Cl)=N/C. The predicted molar refractivity (Wildman–Crippen MR) is 45.0 cm³/mol. The van der Waals surface area contributed by atoms with Gasteiger partial charge in [-0.15, -0.1) is 0 Å². The van der Waals surface area contributed by atoms with Crippen molar-refractivity contribution in [1.82, 2.24) is 0 Å². The Bertz CT molecular complexity index is 208. The second kappa shape index (κ2) is 4.91. The van der Waals surface area contributed by atoms with E-state index in [4.69, 9.17) is 11.6 Å². The van der Waals surface area contributed by atoms with Crippen molar-refractivity contribution in [2.24, 2.45) is 4.99 Å². The van der Waals surface area contributed by atoms with Crippen LogP contribution in [0.1, 0.15) is 6.92 Å². The molecule has 0 bridgehead atoms. The molecule has 0 aromatic carbocycles. The molecule has 0 unspecified atom stereocenters. The molecule has 0 aromatic heterocycles. The minimum absolute atomic E-state index is 0.166. The number of carbonyl (C=O) groups is 1. The first-order chi connectivity index (χ1) is 5.17. The van der Waals surface area contributed by atoms with Crippen LogP contribution in [0.4, 0.5) is 0 Å². The van der Waals surface area contributed by atoms with Crippen LogP contribution in [-0.4, -0.2) is 25.3 Å². The summed E-state index contributed by atoms with van der Waals surface area (Å²) in [6.45, 7) is 1.69. The van der Waals surface area contributed by atoms with Crippen molar-refractivity contribution >= 4 is 22.7 Å². The van der Waals surface area contributed by atoms with E-state index in [-0.39, 0.29) is 10.7 Å². The number of carbonyl (C=O) groups excluding carboxylic acids is 1. The smallest absolute Gasteiger partial charge is 0.340 e. The molecule has 11 heavy (non-hydrogen) atoms. The minimum Gasteiger partial charge on any atom is -0.465 e. The number of hydrogen-bond donors (Lipinski definition) is 0. The van der Waals surface area contributed by atoms with E-state index in [1.54, 1.807) is 13.0 Å². The molecule has 0 saturated carbocycles. The lowest BCUT2D eigenvalue weighted by Gasteiger charge is -2.00. The Morgan fingerprint density at radius 1 is 1.64 bits per heavy atom. The number of esters is 1. The molecule has 0 aliphatic carbocycles. The lowest BCUT2D eigenvalue weighted by atomic mass is 10.3. The van der Waals surface area contributed by atoms with Gasteiger partial charge in [0.05, 0.1) is 12.7 Å². The van der Waals surface area contributed by atoms with Crippen LogP contribution in [0, 0.1) is 0 Å². The quantitative estimate of drug-likeness (QED) is 0.361. The summed E-state index contributed by atoms with van der Waals surface area (Å²) in [4.78, 5) is 14.5. The maximum atomic E-state index is 10.9. The summed E-state index contributed by atoms with van der Waals surface area (Å²) in [6, 6.07) is 0. The Morgan fingerprint density at radius 3 is 2.45 bits per heavy atom. The molecule has 0 fully saturated rings. The zero-order valence-corrected chi connectivity index (χ0v) is 7.47. The van der Waals surface area contributed by atoms with Crippen LogP contribution in [0.5, 0.6) is 0 Å². The first-order valence-electron chi connectivity index (χ1n) is 3.04. The van der Waals surface area contributed by atoms with Crippen molar-refractivity contribution in [2.75, 3.05) is 14.2 Å². The van der Waals surface area contributed by atoms with E-state index in [2.05, 4.69) is 9.73 Å². The van der Waals surface area contributed by atoms with Gasteiger partial charge in [0.2, 0.25) is 0 Å². The fourth-order valence-corrected chi connectivity index (χ4v) is 0.738. The lowest BCUT2D eigenvalue weighted by molar-refractivity contribution is -0.135. The highest BCUT2D eigenvalue weighted by molar-refractivity contribution is 6.72. The first kappa shape index (κ1) is 10.2. The summed E-state index contributed by atoms with van der Waals surface area (Å²) in [5, 5.41) is 0.166. The molecule has 4 heteroatoms. The van der Waals surface area contributed by atoms with Crippen LogP contribution in [0.3, 0.4) is 0 Å². The molecule has 0 aliphatic heterocycles. The zero-order valence-electron chi connectivity index (χ0n) is 6.72. The molecule has 0 radical (unpaired) electrons. The standard InChI is InChI=1S/C7H10ClNO2/c1-4-5(6(8)9-2)7(10)11-3/h4H,1-3H3/b5-4+,9-6+. The van der Waals surface area contributed by atoms with E-state index in [0.29, 0.717) is 0 Å². The van der Waals surface area contributed by atoms with Crippen LogP contribution < -0.4 is 0 Å². The number of halogens is 1. The molecular formula is C7H10ClNO2. The predicted octanol–water partition coefficient (Wildman–Crippen LogP) is 1.37. The van der Waals surface area contributed by atoms with Gasteiger partial charge in [-0.2, -0.15) is 0 Å². The van der Waals surface area contributed by atoms with Gasteiger partial charge < -0.3 is 4.74 Å².